The molecule has 0 fully saturated rings. The molecule has 0 saturated heterocycles. The molecule has 3 heteroatoms. The number of carbonyl (C=O) groups is 1. The van der Waals surface area contributed by atoms with Crippen LogP contribution in [0.3, 0.4) is 0 Å². The maximum Gasteiger partial charge on any atom is 0.330 e. The number of rotatable bonds is 10. The fraction of sp³-hybridized carbons (Fsp3) is 0.722. The first-order valence-electron chi connectivity index (χ1n) is 7.82. The predicted molar refractivity (Wildman–Crippen MR) is 88.3 cm³/mol. The van der Waals surface area contributed by atoms with Gasteiger partial charge in [-0.1, -0.05) is 24.1 Å². The lowest BCUT2D eigenvalue weighted by molar-refractivity contribution is -0.134. The van der Waals surface area contributed by atoms with Gasteiger partial charge in [0.15, 0.2) is 0 Å². The van der Waals surface area contributed by atoms with Crippen LogP contribution in [0.15, 0.2) is 23.3 Å². The predicted octanol–water partition coefficient (Wildman–Crippen LogP) is 4.82. The lowest BCUT2D eigenvalue weighted by Gasteiger charge is -2.22. The van der Waals surface area contributed by atoms with E-state index < -0.39 is 0 Å². The molecule has 0 aliphatic rings. The summed E-state index contributed by atoms with van der Waals surface area (Å²) in [5, 5.41) is 0. The second kappa shape index (κ2) is 10.6. The van der Waals surface area contributed by atoms with E-state index in [2.05, 4.69) is 31.6 Å². The minimum absolute atomic E-state index is 0.0291. The Bertz CT molecular complexity index is 365. The molecule has 0 aromatic carbocycles. The Kier molecular flexibility index (Phi) is 10.1. The molecule has 0 atom stereocenters. The number of allylic oxidation sites excluding steroid dienone is 3. The van der Waals surface area contributed by atoms with Crippen molar-refractivity contribution in [2.24, 2.45) is 0 Å². The van der Waals surface area contributed by atoms with Crippen LogP contribution in [0.1, 0.15) is 66.2 Å². The van der Waals surface area contributed by atoms with E-state index in [-0.39, 0.29) is 11.6 Å². The largest absolute Gasteiger partial charge is 0.466 e. The maximum absolute atomic E-state index is 11.1. The molecule has 0 unspecified atom stereocenters. The molecule has 0 saturated carbocycles. The van der Waals surface area contributed by atoms with E-state index in [1.807, 2.05) is 6.92 Å². The summed E-state index contributed by atoms with van der Waals surface area (Å²) in [4.78, 5) is 11.1. The van der Waals surface area contributed by atoms with Crippen molar-refractivity contribution in [2.45, 2.75) is 71.8 Å². The van der Waals surface area contributed by atoms with Crippen LogP contribution >= 0.6 is 0 Å². The van der Waals surface area contributed by atoms with Crippen molar-refractivity contribution in [1.29, 1.82) is 0 Å². The number of hydrogen-bond donors (Lipinski definition) is 0. The molecular weight excluding hydrogens is 264 g/mol. The Morgan fingerprint density at radius 3 is 2.38 bits per heavy atom. The molecule has 0 aliphatic carbocycles. The average Bonchev–Trinajstić information content (AvgIpc) is 2.45. The van der Waals surface area contributed by atoms with Crippen LogP contribution in [0.25, 0.3) is 0 Å². The van der Waals surface area contributed by atoms with E-state index in [9.17, 15) is 4.79 Å². The Morgan fingerprint density at radius 2 is 1.86 bits per heavy atom. The van der Waals surface area contributed by atoms with E-state index >= 15 is 0 Å². The van der Waals surface area contributed by atoms with Crippen LogP contribution in [-0.2, 0) is 14.3 Å². The van der Waals surface area contributed by atoms with Crippen LogP contribution in [-0.4, -0.2) is 25.8 Å². The summed E-state index contributed by atoms with van der Waals surface area (Å²) in [6.45, 7) is 8.43. The van der Waals surface area contributed by atoms with Crippen molar-refractivity contribution < 1.29 is 14.3 Å². The van der Waals surface area contributed by atoms with Crippen LogP contribution < -0.4 is 0 Å². The summed E-state index contributed by atoms with van der Waals surface area (Å²) < 4.78 is 10.1. The van der Waals surface area contributed by atoms with Gasteiger partial charge in [0.25, 0.3) is 0 Å². The van der Waals surface area contributed by atoms with Gasteiger partial charge in [0.05, 0.1) is 12.7 Å². The fourth-order valence-electron chi connectivity index (χ4n) is 2.10. The van der Waals surface area contributed by atoms with Crippen LogP contribution in [0, 0.1) is 0 Å². The molecule has 0 aromatic heterocycles. The minimum Gasteiger partial charge on any atom is -0.466 e. The van der Waals surface area contributed by atoms with E-state index in [0.717, 1.165) is 44.1 Å². The molecule has 0 aromatic rings. The molecular formula is C18H32O3. The van der Waals surface area contributed by atoms with Crippen LogP contribution in [0.5, 0.6) is 0 Å². The first kappa shape index (κ1) is 19.9. The van der Waals surface area contributed by atoms with Crippen LogP contribution in [0.4, 0.5) is 0 Å². The van der Waals surface area contributed by atoms with Gasteiger partial charge in [0.2, 0.25) is 0 Å². The number of hydrogen-bond acceptors (Lipinski definition) is 3. The smallest absolute Gasteiger partial charge is 0.330 e. The fourth-order valence-corrected chi connectivity index (χ4v) is 2.10. The van der Waals surface area contributed by atoms with Gasteiger partial charge in [-0.05, 0) is 59.3 Å². The molecule has 0 spiro atoms. The molecule has 0 heterocycles. The molecule has 122 valence electrons. The third kappa shape index (κ3) is 10.3. The lowest BCUT2D eigenvalue weighted by atomic mass is 9.97. The zero-order chi connectivity index (χ0) is 16.3. The molecule has 0 radical (unpaired) electrons. The van der Waals surface area contributed by atoms with Gasteiger partial charge in [0.1, 0.15) is 0 Å². The van der Waals surface area contributed by atoms with Gasteiger partial charge in [-0.2, -0.15) is 0 Å². The highest BCUT2D eigenvalue weighted by Gasteiger charge is 2.15. The zero-order valence-electron chi connectivity index (χ0n) is 14.6. The maximum atomic E-state index is 11.1. The minimum atomic E-state index is -0.269. The third-order valence-electron chi connectivity index (χ3n) is 3.82. The molecule has 0 aliphatic heterocycles. The number of methoxy groups -OCH3 is 2. The van der Waals surface area contributed by atoms with E-state index in [1.165, 1.54) is 12.7 Å². The number of ether oxygens (including phenoxy) is 2. The molecule has 3 nitrogen and oxygen atoms in total. The SMILES string of the molecule is CC/C(=C\CC/C(C)=C/C(=O)OC)CCCC(C)(C)OC. The van der Waals surface area contributed by atoms with Crippen molar-refractivity contribution in [3.63, 3.8) is 0 Å². The van der Waals surface area contributed by atoms with Crippen molar-refractivity contribution in [3.05, 3.63) is 23.3 Å². The first-order chi connectivity index (χ1) is 9.84. The normalized spacial score (nSPS) is 13.4. The Hall–Kier alpha value is -1.09. The van der Waals surface area contributed by atoms with Gasteiger partial charge in [-0.25, -0.2) is 4.79 Å². The number of carbonyl (C=O) groups excluding carboxylic acids is 1. The molecule has 21 heavy (non-hydrogen) atoms. The summed E-state index contributed by atoms with van der Waals surface area (Å²) in [5.41, 5.74) is 2.53. The standard InChI is InChI=1S/C18H32O3/c1-7-16(12-9-13-18(3,4)21-6)11-8-10-15(2)14-17(19)20-5/h11,14H,7-10,12-13H2,1-6H3/b15-14+,16-11+. The van der Waals surface area contributed by atoms with Crippen molar-refractivity contribution >= 4 is 5.97 Å². The zero-order valence-corrected chi connectivity index (χ0v) is 14.6. The summed E-state index contributed by atoms with van der Waals surface area (Å²) in [5.74, 6) is -0.269. The molecule has 0 rings (SSSR count). The summed E-state index contributed by atoms with van der Waals surface area (Å²) in [7, 11) is 3.18. The topological polar surface area (TPSA) is 35.5 Å². The Balaban J connectivity index is 4.17. The van der Waals surface area contributed by atoms with Crippen molar-refractivity contribution in [1.82, 2.24) is 0 Å². The first-order valence-corrected chi connectivity index (χ1v) is 7.82. The van der Waals surface area contributed by atoms with Gasteiger partial charge in [0, 0.05) is 13.2 Å². The Labute approximate surface area is 130 Å². The molecule has 0 bridgehead atoms. The van der Waals surface area contributed by atoms with E-state index in [0.29, 0.717) is 0 Å². The Morgan fingerprint density at radius 1 is 1.19 bits per heavy atom. The average molecular weight is 296 g/mol. The van der Waals surface area contributed by atoms with Crippen molar-refractivity contribution in [2.75, 3.05) is 14.2 Å². The monoisotopic (exact) mass is 296 g/mol. The summed E-state index contributed by atoms with van der Waals surface area (Å²) in [6.07, 6.45) is 10.2. The second-order valence-corrected chi connectivity index (χ2v) is 6.09. The molecule has 0 N–H and O–H groups in total. The summed E-state index contributed by atoms with van der Waals surface area (Å²) >= 11 is 0. The third-order valence-corrected chi connectivity index (χ3v) is 3.82. The summed E-state index contributed by atoms with van der Waals surface area (Å²) in [6, 6.07) is 0. The van der Waals surface area contributed by atoms with Crippen LogP contribution in [0.2, 0.25) is 0 Å². The van der Waals surface area contributed by atoms with E-state index in [1.54, 1.807) is 13.2 Å². The van der Waals surface area contributed by atoms with Gasteiger partial charge >= 0.3 is 5.97 Å². The van der Waals surface area contributed by atoms with Gasteiger partial charge in [-0.3, -0.25) is 0 Å². The number of esters is 1. The van der Waals surface area contributed by atoms with E-state index in [4.69, 9.17) is 4.74 Å². The molecule has 0 amide bonds. The van der Waals surface area contributed by atoms with Gasteiger partial charge in [-0.15, -0.1) is 0 Å². The highest BCUT2D eigenvalue weighted by atomic mass is 16.5. The quantitative estimate of drug-likeness (QED) is 0.329. The highest BCUT2D eigenvalue weighted by Crippen LogP contribution is 2.21. The van der Waals surface area contributed by atoms with Crippen molar-refractivity contribution in [3.8, 4) is 0 Å². The lowest BCUT2D eigenvalue weighted by Crippen LogP contribution is -2.21. The second-order valence-electron chi connectivity index (χ2n) is 6.09. The van der Waals surface area contributed by atoms with Gasteiger partial charge < -0.3 is 9.47 Å². The highest BCUT2D eigenvalue weighted by molar-refractivity contribution is 5.82.